The highest BCUT2D eigenvalue weighted by molar-refractivity contribution is 6.32. The second-order valence-electron chi connectivity index (χ2n) is 3.73. The number of halogens is 1. The molecule has 2 aromatic rings. The normalized spacial score (nSPS) is 10.1. The molecule has 2 rings (SSSR count). The van der Waals surface area contributed by atoms with E-state index in [1.807, 2.05) is 30.3 Å². The molecular formula is C14H11ClO3. The average Bonchev–Trinajstić information content (AvgIpc) is 2.40. The van der Waals surface area contributed by atoms with Crippen molar-refractivity contribution >= 4 is 17.6 Å². The molecule has 0 fully saturated rings. The summed E-state index contributed by atoms with van der Waals surface area (Å²) in [6, 6.07) is 13.6. The number of aromatic hydroxyl groups is 1. The van der Waals surface area contributed by atoms with Gasteiger partial charge in [0.15, 0.2) is 0 Å². The number of hydrogen-bond donors (Lipinski definition) is 1. The summed E-state index contributed by atoms with van der Waals surface area (Å²) in [6.07, 6.45) is 0. The molecule has 1 N–H and O–H groups in total. The molecule has 0 aromatic heterocycles. The van der Waals surface area contributed by atoms with Gasteiger partial charge in [0.25, 0.3) is 0 Å². The number of phenols is 1. The van der Waals surface area contributed by atoms with Gasteiger partial charge in [0, 0.05) is 0 Å². The molecule has 2 aromatic carbocycles. The van der Waals surface area contributed by atoms with Crippen LogP contribution in [0.1, 0.15) is 15.9 Å². The van der Waals surface area contributed by atoms with Gasteiger partial charge in [0.2, 0.25) is 0 Å². The maximum Gasteiger partial charge on any atom is 0.338 e. The van der Waals surface area contributed by atoms with Crippen LogP contribution in [0, 0.1) is 0 Å². The Hall–Kier alpha value is -2.00. The molecule has 92 valence electrons. The fourth-order valence-electron chi connectivity index (χ4n) is 1.44. The number of ether oxygens (including phenoxy) is 1. The molecule has 0 atom stereocenters. The quantitative estimate of drug-likeness (QED) is 0.863. The highest BCUT2D eigenvalue weighted by atomic mass is 35.5. The van der Waals surface area contributed by atoms with Gasteiger partial charge < -0.3 is 9.84 Å². The summed E-state index contributed by atoms with van der Waals surface area (Å²) in [7, 11) is 0. The predicted molar refractivity (Wildman–Crippen MR) is 68.7 cm³/mol. The van der Waals surface area contributed by atoms with Crippen LogP contribution in [0.15, 0.2) is 48.5 Å². The third-order valence-corrected chi connectivity index (χ3v) is 2.70. The maximum absolute atomic E-state index is 11.7. The summed E-state index contributed by atoms with van der Waals surface area (Å²) >= 11 is 5.72. The Morgan fingerprint density at radius 2 is 1.89 bits per heavy atom. The zero-order chi connectivity index (χ0) is 13.0. The summed E-state index contributed by atoms with van der Waals surface area (Å²) in [5, 5.41) is 9.38. The molecule has 0 bridgehead atoms. The Kier molecular flexibility index (Phi) is 3.85. The number of esters is 1. The largest absolute Gasteiger partial charge is 0.506 e. The Morgan fingerprint density at radius 3 is 2.56 bits per heavy atom. The highest BCUT2D eigenvalue weighted by Gasteiger charge is 2.09. The van der Waals surface area contributed by atoms with Crippen molar-refractivity contribution in [3.8, 4) is 5.75 Å². The van der Waals surface area contributed by atoms with Crippen molar-refractivity contribution in [3.05, 3.63) is 64.7 Å². The van der Waals surface area contributed by atoms with Crippen LogP contribution in [0.5, 0.6) is 5.75 Å². The second-order valence-corrected chi connectivity index (χ2v) is 4.14. The van der Waals surface area contributed by atoms with Crippen molar-refractivity contribution in [2.45, 2.75) is 6.61 Å². The first-order valence-electron chi connectivity index (χ1n) is 5.36. The molecular weight excluding hydrogens is 252 g/mol. The standard InChI is InChI=1S/C14H11ClO3/c15-12-8-11(6-7-13(12)16)14(17)18-9-10-4-2-1-3-5-10/h1-8,16H,9H2. The number of hydrogen-bond acceptors (Lipinski definition) is 3. The third kappa shape index (κ3) is 3.02. The van der Waals surface area contributed by atoms with Crippen LogP contribution < -0.4 is 0 Å². The van der Waals surface area contributed by atoms with Gasteiger partial charge in [-0.05, 0) is 23.8 Å². The van der Waals surface area contributed by atoms with E-state index in [0.29, 0.717) is 5.56 Å². The molecule has 0 aliphatic rings. The SMILES string of the molecule is O=C(OCc1ccccc1)c1ccc(O)c(Cl)c1. The monoisotopic (exact) mass is 262 g/mol. The van der Waals surface area contributed by atoms with E-state index in [-0.39, 0.29) is 17.4 Å². The number of carbonyl (C=O) groups excluding carboxylic acids is 1. The fourth-order valence-corrected chi connectivity index (χ4v) is 1.62. The van der Waals surface area contributed by atoms with E-state index in [1.165, 1.54) is 18.2 Å². The van der Waals surface area contributed by atoms with E-state index in [4.69, 9.17) is 16.3 Å². The molecule has 0 amide bonds. The number of carbonyl (C=O) groups is 1. The van der Waals surface area contributed by atoms with Crippen LogP contribution in [0.2, 0.25) is 5.02 Å². The van der Waals surface area contributed by atoms with Crippen LogP contribution in [0.25, 0.3) is 0 Å². The third-order valence-electron chi connectivity index (χ3n) is 2.40. The summed E-state index contributed by atoms with van der Waals surface area (Å²) < 4.78 is 5.13. The fraction of sp³-hybridized carbons (Fsp3) is 0.0714. The summed E-state index contributed by atoms with van der Waals surface area (Å²) in [5.41, 5.74) is 1.23. The molecule has 4 heteroatoms. The Labute approximate surface area is 110 Å². The maximum atomic E-state index is 11.7. The van der Waals surface area contributed by atoms with Gasteiger partial charge >= 0.3 is 5.97 Å². The minimum atomic E-state index is -0.472. The smallest absolute Gasteiger partial charge is 0.338 e. The van der Waals surface area contributed by atoms with E-state index in [0.717, 1.165) is 5.56 Å². The van der Waals surface area contributed by atoms with Crippen molar-refractivity contribution in [3.63, 3.8) is 0 Å². The van der Waals surface area contributed by atoms with Crippen LogP contribution >= 0.6 is 11.6 Å². The molecule has 18 heavy (non-hydrogen) atoms. The summed E-state index contributed by atoms with van der Waals surface area (Å²) in [5.74, 6) is -0.531. The van der Waals surface area contributed by atoms with Crippen molar-refractivity contribution in [1.82, 2.24) is 0 Å². The highest BCUT2D eigenvalue weighted by Crippen LogP contribution is 2.24. The molecule has 0 aliphatic heterocycles. The zero-order valence-electron chi connectivity index (χ0n) is 9.47. The van der Waals surface area contributed by atoms with Crippen molar-refractivity contribution in [2.24, 2.45) is 0 Å². The molecule has 3 nitrogen and oxygen atoms in total. The van der Waals surface area contributed by atoms with Crippen molar-refractivity contribution in [1.29, 1.82) is 0 Å². The molecule has 0 saturated heterocycles. The van der Waals surface area contributed by atoms with Gasteiger partial charge in [-0.1, -0.05) is 41.9 Å². The lowest BCUT2D eigenvalue weighted by molar-refractivity contribution is 0.0472. The summed E-state index contributed by atoms with van der Waals surface area (Å²) in [6.45, 7) is 0.207. The molecule has 0 aliphatic carbocycles. The van der Waals surface area contributed by atoms with Crippen molar-refractivity contribution < 1.29 is 14.6 Å². The Balaban J connectivity index is 2.02. The molecule has 0 radical (unpaired) electrons. The molecule has 0 heterocycles. The topological polar surface area (TPSA) is 46.5 Å². The minimum Gasteiger partial charge on any atom is -0.506 e. The first kappa shape index (κ1) is 12.5. The minimum absolute atomic E-state index is 0.0590. The first-order chi connectivity index (χ1) is 8.66. The lowest BCUT2D eigenvalue weighted by Crippen LogP contribution is -2.05. The van der Waals surface area contributed by atoms with Crippen LogP contribution in [-0.4, -0.2) is 11.1 Å². The van der Waals surface area contributed by atoms with Gasteiger partial charge in [0.05, 0.1) is 10.6 Å². The molecule has 0 spiro atoms. The Morgan fingerprint density at radius 1 is 1.17 bits per heavy atom. The second kappa shape index (κ2) is 5.56. The van der Waals surface area contributed by atoms with Gasteiger partial charge in [-0.15, -0.1) is 0 Å². The molecule has 0 unspecified atom stereocenters. The molecule has 0 saturated carbocycles. The Bertz CT molecular complexity index is 552. The van der Waals surface area contributed by atoms with Crippen LogP contribution in [0.4, 0.5) is 0 Å². The zero-order valence-corrected chi connectivity index (χ0v) is 10.2. The van der Waals surface area contributed by atoms with Gasteiger partial charge in [-0.2, -0.15) is 0 Å². The van der Waals surface area contributed by atoms with E-state index >= 15 is 0 Å². The van der Waals surface area contributed by atoms with Gasteiger partial charge in [-0.3, -0.25) is 0 Å². The number of phenolic OH excluding ortho intramolecular Hbond substituents is 1. The van der Waals surface area contributed by atoms with E-state index in [1.54, 1.807) is 0 Å². The number of rotatable bonds is 3. The summed E-state index contributed by atoms with van der Waals surface area (Å²) in [4.78, 5) is 11.7. The van der Waals surface area contributed by atoms with Gasteiger partial charge in [-0.25, -0.2) is 4.79 Å². The lowest BCUT2D eigenvalue weighted by atomic mass is 10.2. The van der Waals surface area contributed by atoms with Crippen molar-refractivity contribution in [2.75, 3.05) is 0 Å². The number of benzene rings is 2. The van der Waals surface area contributed by atoms with Crippen LogP contribution in [-0.2, 0) is 11.3 Å². The van der Waals surface area contributed by atoms with E-state index < -0.39 is 5.97 Å². The van der Waals surface area contributed by atoms with Gasteiger partial charge in [0.1, 0.15) is 12.4 Å². The predicted octanol–water partition coefficient (Wildman–Crippen LogP) is 3.40. The van der Waals surface area contributed by atoms with E-state index in [9.17, 15) is 9.90 Å². The first-order valence-corrected chi connectivity index (χ1v) is 5.74. The van der Waals surface area contributed by atoms with E-state index in [2.05, 4.69) is 0 Å². The average molecular weight is 263 g/mol. The lowest BCUT2D eigenvalue weighted by Gasteiger charge is -2.05. The van der Waals surface area contributed by atoms with Crippen LogP contribution in [0.3, 0.4) is 0 Å².